The number of nitrogens with zero attached hydrogens (tertiary/aromatic N) is 1. The van der Waals surface area contributed by atoms with Crippen molar-refractivity contribution in [3.63, 3.8) is 0 Å². The second-order valence-electron chi connectivity index (χ2n) is 6.29. The van der Waals surface area contributed by atoms with Crippen LogP contribution in [0.3, 0.4) is 0 Å². The molecule has 0 aromatic heterocycles. The summed E-state index contributed by atoms with van der Waals surface area (Å²) < 4.78 is 5.36. The third-order valence-corrected chi connectivity index (χ3v) is 6.23. The number of piperidine rings is 1. The number of ether oxygens (including phenoxy) is 1. The summed E-state index contributed by atoms with van der Waals surface area (Å²) in [5.41, 5.74) is 1.35. The van der Waals surface area contributed by atoms with Gasteiger partial charge in [0.15, 0.2) is 0 Å². The van der Waals surface area contributed by atoms with Crippen LogP contribution in [0.25, 0.3) is 0 Å². The van der Waals surface area contributed by atoms with E-state index in [1.807, 2.05) is 11.8 Å². The van der Waals surface area contributed by atoms with Gasteiger partial charge in [0, 0.05) is 42.4 Å². The van der Waals surface area contributed by atoms with E-state index in [1.54, 1.807) is 0 Å². The van der Waals surface area contributed by atoms with Gasteiger partial charge in [-0.15, -0.1) is 11.8 Å². The summed E-state index contributed by atoms with van der Waals surface area (Å²) in [6, 6.07) is 8.58. The van der Waals surface area contributed by atoms with Crippen LogP contribution in [0.1, 0.15) is 31.2 Å². The van der Waals surface area contributed by atoms with Gasteiger partial charge in [-0.25, -0.2) is 0 Å². The molecule has 3 rings (SSSR count). The van der Waals surface area contributed by atoms with Gasteiger partial charge in [-0.05, 0) is 44.2 Å². The maximum absolute atomic E-state index is 12.5. The monoisotopic (exact) mass is 319 g/mol. The van der Waals surface area contributed by atoms with Crippen molar-refractivity contribution >= 4 is 17.7 Å². The largest absolute Gasteiger partial charge is 0.381 e. The van der Waals surface area contributed by atoms with Crippen LogP contribution in [0.2, 0.25) is 0 Å². The van der Waals surface area contributed by atoms with Crippen molar-refractivity contribution in [2.45, 2.75) is 42.8 Å². The second-order valence-corrected chi connectivity index (χ2v) is 7.64. The summed E-state index contributed by atoms with van der Waals surface area (Å²) in [6.07, 6.45) is 4.01. The third kappa shape index (κ3) is 3.85. The highest BCUT2D eigenvalue weighted by Gasteiger charge is 2.29. The van der Waals surface area contributed by atoms with Crippen LogP contribution in [0, 0.1) is 12.8 Å². The van der Waals surface area contributed by atoms with Gasteiger partial charge in [0.2, 0.25) is 5.91 Å². The fraction of sp³-hybridized carbons (Fsp3) is 0.611. The van der Waals surface area contributed by atoms with E-state index in [1.165, 1.54) is 10.5 Å². The molecule has 1 aromatic carbocycles. The quantitative estimate of drug-likeness (QED) is 0.854. The molecule has 0 radical (unpaired) electrons. The summed E-state index contributed by atoms with van der Waals surface area (Å²) in [6.45, 7) is 5.50. The van der Waals surface area contributed by atoms with Gasteiger partial charge in [-0.3, -0.25) is 4.79 Å². The highest BCUT2D eigenvalue weighted by Crippen LogP contribution is 2.33. The minimum atomic E-state index is 0.203. The molecule has 22 heavy (non-hydrogen) atoms. The summed E-state index contributed by atoms with van der Waals surface area (Å²) in [7, 11) is 0. The first-order valence-corrected chi connectivity index (χ1v) is 9.21. The van der Waals surface area contributed by atoms with Gasteiger partial charge in [-0.2, -0.15) is 0 Å². The number of likely N-dealkylation sites (tertiary alicyclic amines) is 1. The van der Waals surface area contributed by atoms with E-state index in [0.717, 1.165) is 52.0 Å². The van der Waals surface area contributed by atoms with Crippen LogP contribution >= 0.6 is 11.8 Å². The molecular weight excluding hydrogens is 294 g/mol. The van der Waals surface area contributed by atoms with Crippen LogP contribution in [-0.4, -0.2) is 42.4 Å². The van der Waals surface area contributed by atoms with E-state index >= 15 is 0 Å². The van der Waals surface area contributed by atoms with Crippen molar-refractivity contribution in [3.05, 3.63) is 29.8 Å². The Morgan fingerprint density at radius 3 is 2.50 bits per heavy atom. The van der Waals surface area contributed by atoms with Gasteiger partial charge in [0.25, 0.3) is 0 Å². The third-order valence-electron chi connectivity index (χ3n) is 4.71. The molecule has 3 nitrogen and oxygen atoms in total. The molecule has 0 unspecified atom stereocenters. The minimum Gasteiger partial charge on any atom is -0.381 e. The summed E-state index contributed by atoms with van der Waals surface area (Å²) >= 11 is 1.98. The zero-order chi connectivity index (χ0) is 15.4. The normalized spacial score (nSPS) is 21.0. The Morgan fingerprint density at radius 1 is 1.14 bits per heavy atom. The summed E-state index contributed by atoms with van der Waals surface area (Å²) in [5, 5.41) is 0.639. The molecule has 2 fully saturated rings. The average Bonchev–Trinajstić information content (AvgIpc) is 2.58. The Balaban J connectivity index is 1.50. The molecule has 0 spiro atoms. The fourth-order valence-electron chi connectivity index (χ4n) is 3.26. The Morgan fingerprint density at radius 2 is 1.82 bits per heavy atom. The molecule has 0 atom stereocenters. The number of benzene rings is 1. The number of aryl methyl sites for hydroxylation is 1. The lowest BCUT2D eigenvalue weighted by Crippen LogP contribution is -2.43. The van der Waals surface area contributed by atoms with E-state index in [-0.39, 0.29) is 5.92 Å². The van der Waals surface area contributed by atoms with Crippen LogP contribution in [-0.2, 0) is 9.53 Å². The molecule has 1 aromatic rings. The molecule has 2 heterocycles. The van der Waals surface area contributed by atoms with Crippen molar-refractivity contribution in [1.82, 2.24) is 4.90 Å². The van der Waals surface area contributed by atoms with Crippen molar-refractivity contribution < 1.29 is 9.53 Å². The molecule has 4 heteroatoms. The number of rotatable bonds is 3. The molecule has 2 aliphatic rings. The van der Waals surface area contributed by atoms with Gasteiger partial charge in [-0.1, -0.05) is 18.2 Å². The Hall–Kier alpha value is -1.00. The number of carbonyl (C=O) groups is 1. The predicted molar refractivity (Wildman–Crippen MR) is 90.2 cm³/mol. The van der Waals surface area contributed by atoms with Crippen LogP contribution in [0.5, 0.6) is 0 Å². The maximum Gasteiger partial charge on any atom is 0.225 e. The van der Waals surface area contributed by atoms with Crippen LogP contribution < -0.4 is 0 Å². The highest BCUT2D eigenvalue weighted by atomic mass is 32.2. The average molecular weight is 319 g/mol. The highest BCUT2D eigenvalue weighted by molar-refractivity contribution is 8.00. The van der Waals surface area contributed by atoms with E-state index in [4.69, 9.17) is 4.74 Å². The molecule has 0 saturated carbocycles. The number of amides is 1. The number of thioether (sulfide) groups is 1. The SMILES string of the molecule is Cc1ccccc1SC1CCN(C(=O)C2CCOCC2)CC1. The first-order chi connectivity index (χ1) is 10.7. The lowest BCUT2D eigenvalue weighted by molar-refractivity contribution is -0.139. The first-order valence-electron chi connectivity index (χ1n) is 8.33. The topological polar surface area (TPSA) is 29.5 Å². The Labute approximate surface area is 137 Å². The Bertz CT molecular complexity index is 506. The van der Waals surface area contributed by atoms with Gasteiger partial charge < -0.3 is 9.64 Å². The van der Waals surface area contributed by atoms with Crippen molar-refractivity contribution in [2.75, 3.05) is 26.3 Å². The van der Waals surface area contributed by atoms with Crippen LogP contribution in [0.4, 0.5) is 0 Å². The standard InChI is InChI=1S/C18H25NO2S/c1-14-4-2-3-5-17(14)22-16-6-10-19(11-7-16)18(20)15-8-12-21-13-9-15/h2-5,15-16H,6-13H2,1H3. The molecule has 0 bridgehead atoms. The minimum absolute atomic E-state index is 0.203. The molecule has 0 aliphatic carbocycles. The smallest absolute Gasteiger partial charge is 0.225 e. The summed E-state index contributed by atoms with van der Waals surface area (Å²) in [5.74, 6) is 0.567. The number of carbonyl (C=O) groups excluding carboxylic acids is 1. The summed E-state index contributed by atoms with van der Waals surface area (Å²) in [4.78, 5) is 16.0. The Kier molecular flexibility index (Phi) is 5.42. The first kappa shape index (κ1) is 15.9. The van der Waals surface area contributed by atoms with Gasteiger partial charge >= 0.3 is 0 Å². The fourth-order valence-corrected chi connectivity index (χ4v) is 4.48. The number of hydrogen-bond acceptors (Lipinski definition) is 3. The molecule has 0 N–H and O–H groups in total. The van der Waals surface area contributed by atoms with Crippen molar-refractivity contribution in [3.8, 4) is 0 Å². The molecule has 120 valence electrons. The molecule has 1 amide bonds. The van der Waals surface area contributed by atoms with E-state index in [2.05, 4.69) is 36.1 Å². The van der Waals surface area contributed by atoms with Gasteiger partial charge in [0.05, 0.1) is 0 Å². The zero-order valence-electron chi connectivity index (χ0n) is 13.3. The molecular formula is C18H25NO2S. The van der Waals surface area contributed by atoms with Crippen molar-refractivity contribution in [1.29, 1.82) is 0 Å². The van der Waals surface area contributed by atoms with E-state index in [9.17, 15) is 4.79 Å². The van der Waals surface area contributed by atoms with Crippen LogP contribution in [0.15, 0.2) is 29.2 Å². The number of hydrogen-bond donors (Lipinski definition) is 0. The second kappa shape index (κ2) is 7.51. The zero-order valence-corrected chi connectivity index (χ0v) is 14.1. The van der Waals surface area contributed by atoms with E-state index < -0.39 is 0 Å². The molecule has 2 saturated heterocycles. The molecule has 2 aliphatic heterocycles. The lowest BCUT2D eigenvalue weighted by Gasteiger charge is -2.35. The predicted octanol–water partition coefficient (Wildman–Crippen LogP) is 3.50. The van der Waals surface area contributed by atoms with E-state index in [0.29, 0.717) is 11.2 Å². The van der Waals surface area contributed by atoms with Crippen molar-refractivity contribution in [2.24, 2.45) is 5.92 Å². The maximum atomic E-state index is 12.5. The van der Waals surface area contributed by atoms with Gasteiger partial charge in [0.1, 0.15) is 0 Å². The lowest BCUT2D eigenvalue weighted by atomic mass is 9.97.